The van der Waals surface area contributed by atoms with Crippen LogP contribution in [0.4, 0.5) is 0 Å². The number of hydrogen-bond donors (Lipinski definition) is 2. The lowest BCUT2D eigenvalue weighted by molar-refractivity contribution is 0.341. The number of hydrogen-bond acceptors (Lipinski definition) is 3. The Bertz CT molecular complexity index is 658. The van der Waals surface area contributed by atoms with E-state index in [-0.39, 0.29) is 28.5 Å². The third-order valence-electron chi connectivity index (χ3n) is 4.32. The first-order valence-corrected chi connectivity index (χ1v) is 7.42. The summed E-state index contributed by atoms with van der Waals surface area (Å²) in [6.07, 6.45) is 2.75. The summed E-state index contributed by atoms with van der Waals surface area (Å²) in [7, 11) is 2.13. The Morgan fingerprint density at radius 2 is 1.36 bits per heavy atom. The predicted molar refractivity (Wildman–Crippen MR) is 94.2 cm³/mol. The Hall–Kier alpha value is -1.52. The minimum Gasteiger partial charge on any atom is -0.504 e. The standard InChI is InChI=1S/C18H21NO2.BrH/c1-19-8-6-13-4-2-3-5-14(13)10-16-12-18(21)17(20)11-15(16)7-9-19;/h2-5,11-12,20-21H,6-10H2,1H3;1H. The maximum absolute atomic E-state index is 9.80. The molecule has 118 valence electrons. The van der Waals surface area contributed by atoms with Gasteiger partial charge in [0.2, 0.25) is 0 Å². The van der Waals surface area contributed by atoms with Crippen molar-refractivity contribution in [1.82, 2.24) is 4.90 Å². The Balaban J connectivity index is 0.00000176. The highest BCUT2D eigenvalue weighted by molar-refractivity contribution is 8.93. The van der Waals surface area contributed by atoms with Crippen LogP contribution in [-0.4, -0.2) is 35.3 Å². The van der Waals surface area contributed by atoms with Crippen molar-refractivity contribution in [2.75, 3.05) is 20.1 Å². The number of phenolic OH excluding ortho intramolecular Hbond substituents is 2. The van der Waals surface area contributed by atoms with E-state index in [2.05, 4.69) is 36.2 Å². The first kappa shape index (κ1) is 16.8. The van der Waals surface area contributed by atoms with Gasteiger partial charge in [0.05, 0.1) is 0 Å². The van der Waals surface area contributed by atoms with Crippen molar-refractivity contribution in [2.45, 2.75) is 19.3 Å². The molecule has 0 saturated heterocycles. The molecule has 22 heavy (non-hydrogen) atoms. The van der Waals surface area contributed by atoms with E-state index in [4.69, 9.17) is 0 Å². The molecule has 1 aliphatic heterocycles. The summed E-state index contributed by atoms with van der Waals surface area (Å²) in [5, 5.41) is 19.6. The third kappa shape index (κ3) is 3.62. The molecule has 1 heterocycles. The molecule has 0 fully saturated rings. The van der Waals surface area contributed by atoms with Crippen LogP contribution in [0.2, 0.25) is 0 Å². The highest BCUT2D eigenvalue weighted by Crippen LogP contribution is 2.31. The summed E-state index contributed by atoms with van der Waals surface area (Å²) in [6, 6.07) is 11.9. The van der Waals surface area contributed by atoms with Gasteiger partial charge in [-0.25, -0.2) is 0 Å². The van der Waals surface area contributed by atoms with Crippen LogP contribution in [0.15, 0.2) is 36.4 Å². The molecule has 1 aliphatic rings. The SMILES string of the molecule is Br.CN1CCc2ccccc2Cc2cc(O)c(O)cc2CC1. The van der Waals surface area contributed by atoms with Crippen LogP contribution in [0.1, 0.15) is 22.3 Å². The summed E-state index contributed by atoms with van der Waals surface area (Å²) in [6.45, 7) is 2.00. The molecule has 0 atom stereocenters. The number of fused-ring (bicyclic) bond motifs is 2. The Kier molecular flexibility index (Phi) is 5.48. The minimum atomic E-state index is -0.0309. The molecule has 0 aromatic heterocycles. The first-order valence-electron chi connectivity index (χ1n) is 7.42. The average molecular weight is 364 g/mol. The van der Waals surface area contributed by atoms with E-state index in [9.17, 15) is 10.2 Å². The number of likely N-dealkylation sites (N-methyl/N-ethyl adjacent to an activating group) is 1. The normalized spacial score (nSPS) is 15.3. The van der Waals surface area contributed by atoms with Gasteiger partial charge in [0.1, 0.15) is 0 Å². The summed E-state index contributed by atoms with van der Waals surface area (Å²) >= 11 is 0. The molecule has 0 amide bonds. The summed E-state index contributed by atoms with van der Waals surface area (Å²) in [5.41, 5.74) is 4.89. The Morgan fingerprint density at radius 1 is 0.818 bits per heavy atom. The van der Waals surface area contributed by atoms with Gasteiger partial charge >= 0.3 is 0 Å². The molecular weight excluding hydrogens is 342 g/mol. The van der Waals surface area contributed by atoms with Crippen molar-refractivity contribution in [2.24, 2.45) is 0 Å². The van der Waals surface area contributed by atoms with Crippen molar-refractivity contribution < 1.29 is 10.2 Å². The van der Waals surface area contributed by atoms with Crippen LogP contribution in [0.25, 0.3) is 0 Å². The van der Waals surface area contributed by atoms with Crippen molar-refractivity contribution in [3.05, 3.63) is 58.7 Å². The molecule has 0 bridgehead atoms. The highest BCUT2D eigenvalue weighted by atomic mass is 79.9. The van der Waals surface area contributed by atoms with Gasteiger partial charge in [-0.3, -0.25) is 0 Å². The quantitative estimate of drug-likeness (QED) is 0.705. The number of rotatable bonds is 0. The Labute approximate surface area is 142 Å². The molecule has 0 radical (unpaired) electrons. The van der Waals surface area contributed by atoms with Crippen molar-refractivity contribution in [3.8, 4) is 11.5 Å². The lowest BCUT2D eigenvalue weighted by atomic mass is 9.92. The largest absolute Gasteiger partial charge is 0.504 e. The van der Waals surface area contributed by atoms with Crippen molar-refractivity contribution in [1.29, 1.82) is 0 Å². The molecule has 3 rings (SSSR count). The van der Waals surface area contributed by atoms with Crippen LogP contribution in [0.3, 0.4) is 0 Å². The van der Waals surface area contributed by atoms with E-state index in [0.717, 1.165) is 43.5 Å². The smallest absolute Gasteiger partial charge is 0.157 e. The third-order valence-corrected chi connectivity index (χ3v) is 4.32. The van der Waals surface area contributed by atoms with Gasteiger partial charge in [-0.15, -0.1) is 17.0 Å². The summed E-state index contributed by atoms with van der Waals surface area (Å²) < 4.78 is 0. The van der Waals surface area contributed by atoms with Gasteiger partial charge in [-0.2, -0.15) is 0 Å². The van der Waals surface area contributed by atoms with Crippen LogP contribution < -0.4 is 0 Å². The number of benzene rings is 2. The van der Waals surface area contributed by atoms with Crippen LogP contribution >= 0.6 is 17.0 Å². The fourth-order valence-corrected chi connectivity index (χ4v) is 2.97. The van der Waals surface area contributed by atoms with E-state index in [1.165, 1.54) is 11.1 Å². The van der Waals surface area contributed by atoms with E-state index in [1.54, 1.807) is 12.1 Å². The number of halogens is 1. The summed E-state index contributed by atoms with van der Waals surface area (Å²) in [4.78, 5) is 2.32. The van der Waals surface area contributed by atoms with Gasteiger partial charge in [-0.1, -0.05) is 24.3 Å². The topological polar surface area (TPSA) is 43.7 Å². The number of phenols is 2. The highest BCUT2D eigenvalue weighted by Gasteiger charge is 2.14. The monoisotopic (exact) mass is 363 g/mol. The molecule has 0 aliphatic carbocycles. The fraction of sp³-hybridized carbons (Fsp3) is 0.333. The first-order chi connectivity index (χ1) is 10.1. The maximum Gasteiger partial charge on any atom is 0.157 e. The van der Waals surface area contributed by atoms with Gasteiger partial charge in [0.15, 0.2) is 11.5 Å². The van der Waals surface area contributed by atoms with E-state index >= 15 is 0 Å². The zero-order valence-electron chi connectivity index (χ0n) is 12.7. The van der Waals surface area contributed by atoms with Gasteiger partial charge in [0, 0.05) is 13.1 Å². The Morgan fingerprint density at radius 3 is 2.05 bits per heavy atom. The maximum atomic E-state index is 9.80. The van der Waals surface area contributed by atoms with E-state index in [0.29, 0.717) is 0 Å². The van der Waals surface area contributed by atoms with Crippen molar-refractivity contribution in [3.63, 3.8) is 0 Å². The van der Waals surface area contributed by atoms with Gasteiger partial charge in [-0.05, 0) is 60.7 Å². The molecule has 2 N–H and O–H groups in total. The van der Waals surface area contributed by atoms with Crippen LogP contribution in [0, 0.1) is 0 Å². The molecule has 0 spiro atoms. The predicted octanol–water partition coefficient (Wildman–Crippen LogP) is 3.30. The van der Waals surface area contributed by atoms with E-state index in [1.807, 2.05) is 0 Å². The second-order valence-electron chi connectivity index (χ2n) is 5.86. The average Bonchev–Trinajstić information content (AvgIpc) is 2.48. The zero-order valence-corrected chi connectivity index (χ0v) is 14.5. The van der Waals surface area contributed by atoms with Crippen LogP contribution in [0.5, 0.6) is 11.5 Å². The molecule has 0 saturated carbocycles. The second-order valence-corrected chi connectivity index (χ2v) is 5.86. The number of nitrogens with zero attached hydrogens (tertiary/aromatic N) is 1. The molecule has 3 nitrogen and oxygen atoms in total. The lowest BCUT2D eigenvalue weighted by Gasteiger charge is -2.22. The molecule has 0 unspecified atom stereocenters. The second kappa shape index (κ2) is 7.16. The zero-order chi connectivity index (χ0) is 14.8. The summed E-state index contributed by atoms with van der Waals surface area (Å²) in [5.74, 6) is -0.0570. The molecular formula is C18H22BrNO2. The number of aromatic hydroxyl groups is 2. The van der Waals surface area contributed by atoms with Gasteiger partial charge < -0.3 is 15.1 Å². The molecule has 2 aromatic rings. The van der Waals surface area contributed by atoms with Crippen molar-refractivity contribution >= 4 is 17.0 Å². The van der Waals surface area contributed by atoms with Gasteiger partial charge in [0.25, 0.3) is 0 Å². The molecule has 2 aromatic carbocycles. The van der Waals surface area contributed by atoms with E-state index < -0.39 is 0 Å². The lowest BCUT2D eigenvalue weighted by Crippen LogP contribution is -2.25. The minimum absolute atomic E-state index is 0. The molecule has 4 heteroatoms. The fourth-order valence-electron chi connectivity index (χ4n) is 2.97. The van der Waals surface area contributed by atoms with Crippen LogP contribution in [-0.2, 0) is 19.3 Å².